The lowest BCUT2D eigenvalue weighted by molar-refractivity contribution is 0.0896. The molecule has 0 radical (unpaired) electrons. The van der Waals surface area contributed by atoms with Gasteiger partial charge in [-0.25, -0.2) is 4.79 Å². The molecule has 1 N–H and O–H groups in total. The van der Waals surface area contributed by atoms with Crippen molar-refractivity contribution in [3.63, 3.8) is 0 Å². The highest BCUT2D eigenvalue weighted by Crippen LogP contribution is 2.40. The topological polar surface area (TPSA) is 93.9 Å². The Hall–Kier alpha value is -2.74. The van der Waals surface area contributed by atoms with Crippen molar-refractivity contribution in [2.24, 2.45) is 11.8 Å². The Kier molecular flexibility index (Phi) is 5.62. The minimum atomic E-state index is -0.382. The summed E-state index contributed by atoms with van der Waals surface area (Å²) in [4.78, 5) is 25.6. The van der Waals surface area contributed by atoms with Crippen LogP contribution in [0.2, 0.25) is 5.02 Å². The maximum Gasteiger partial charge on any atom is 0.410 e. The summed E-state index contributed by atoms with van der Waals surface area (Å²) < 4.78 is 16.4. The zero-order chi connectivity index (χ0) is 20.4. The second kappa shape index (κ2) is 8.32. The molecule has 4 rings (SSSR count). The molecule has 1 saturated heterocycles. The van der Waals surface area contributed by atoms with Gasteiger partial charge in [-0.1, -0.05) is 16.8 Å². The third-order valence-corrected chi connectivity index (χ3v) is 5.69. The Morgan fingerprint density at radius 1 is 1.24 bits per heavy atom. The van der Waals surface area contributed by atoms with E-state index >= 15 is 0 Å². The zero-order valence-electron chi connectivity index (χ0n) is 16.0. The Labute approximate surface area is 173 Å². The van der Waals surface area contributed by atoms with Gasteiger partial charge in [0.05, 0.1) is 6.10 Å². The van der Waals surface area contributed by atoms with Crippen LogP contribution in [-0.4, -0.2) is 48.3 Å². The van der Waals surface area contributed by atoms with Crippen LogP contribution in [0, 0.1) is 11.8 Å². The van der Waals surface area contributed by atoms with Crippen molar-refractivity contribution < 1.29 is 23.6 Å². The summed E-state index contributed by atoms with van der Waals surface area (Å²) in [5.74, 6) is 1.61. The van der Waals surface area contributed by atoms with Crippen LogP contribution in [0.15, 0.2) is 34.9 Å². The molecular formula is C20H22ClN3O5. The van der Waals surface area contributed by atoms with E-state index in [1.165, 1.54) is 13.1 Å². The summed E-state index contributed by atoms with van der Waals surface area (Å²) in [5, 5.41) is 6.78. The molecule has 9 heteroatoms. The van der Waals surface area contributed by atoms with E-state index in [2.05, 4.69) is 10.5 Å². The third kappa shape index (κ3) is 4.48. The maximum absolute atomic E-state index is 12.4. The molecule has 2 aliphatic rings. The first kappa shape index (κ1) is 19.6. The first-order chi connectivity index (χ1) is 14.0. The number of hydrogen-bond acceptors (Lipinski definition) is 6. The van der Waals surface area contributed by atoms with Crippen LogP contribution in [0.5, 0.6) is 5.75 Å². The average Bonchev–Trinajstić information content (AvgIpc) is 3.42. The number of amides is 2. The van der Waals surface area contributed by atoms with Gasteiger partial charge in [0.15, 0.2) is 18.1 Å². The molecule has 2 heterocycles. The van der Waals surface area contributed by atoms with Crippen molar-refractivity contribution in [1.82, 2.24) is 15.4 Å². The van der Waals surface area contributed by atoms with Crippen LogP contribution in [-0.2, 0) is 11.3 Å². The fraction of sp³-hybridized carbons (Fsp3) is 0.450. The molecular weight excluding hydrogens is 398 g/mol. The maximum atomic E-state index is 12.4. The number of carbonyl (C=O) groups is 2. The van der Waals surface area contributed by atoms with Crippen LogP contribution >= 0.6 is 11.6 Å². The molecule has 2 fully saturated rings. The summed E-state index contributed by atoms with van der Waals surface area (Å²) in [6.07, 6.45) is 1.60. The number of carbonyl (C=O) groups excluding carboxylic acids is 2. The van der Waals surface area contributed by atoms with Crippen LogP contribution in [0.1, 0.15) is 29.1 Å². The monoisotopic (exact) mass is 419 g/mol. The molecule has 1 unspecified atom stereocenters. The molecule has 0 bridgehead atoms. The van der Waals surface area contributed by atoms with Gasteiger partial charge in [-0.3, -0.25) is 4.79 Å². The van der Waals surface area contributed by atoms with E-state index in [0.717, 1.165) is 18.6 Å². The number of rotatable bonds is 5. The smallest absolute Gasteiger partial charge is 0.410 e. The van der Waals surface area contributed by atoms with Crippen molar-refractivity contribution in [2.45, 2.75) is 25.6 Å². The lowest BCUT2D eigenvalue weighted by atomic mass is 10.0. The third-order valence-electron chi connectivity index (χ3n) is 5.44. The number of aromatic nitrogens is 1. The quantitative estimate of drug-likeness (QED) is 0.800. The first-order valence-electron chi connectivity index (χ1n) is 9.53. The van der Waals surface area contributed by atoms with Gasteiger partial charge in [-0.2, -0.15) is 0 Å². The molecule has 8 nitrogen and oxygen atoms in total. The standard InChI is InChI=1S/C20H22ClN3O5/c1-22-19(25)18-8-17(29-23-18)11-27-20(26)24-9-12-6-16(7-13(12)10-24)28-15-4-2-14(21)3-5-15/h2-5,8,12-13,16H,6-7,9-11H2,1H3,(H,22,25)/t12-,13+,16?. The van der Waals surface area contributed by atoms with E-state index in [0.29, 0.717) is 35.7 Å². The van der Waals surface area contributed by atoms with Crippen molar-refractivity contribution in [2.75, 3.05) is 20.1 Å². The Morgan fingerprint density at radius 2 is 1.93 bits per heavy atom. The number of nitrogens with zero attached hydrogens (tertiary/aromatic N) is 2. The van der Waals surface area contributed by atoms with Crippen molar-refractivity contribution in [3.8, 4) is 5.75 Å². The minimum Gasteiger partial charge on any atom is -0.490 e. The molecule has 1 saturated carbocycles. The van der Waals surface area contributed by atoms with Gasteiger partial charge in [0, 0.05) is 31.2 Å². The SMILES string of the molecule is CNC(=O)c1cc(COC(=O)N2C[C@H]3CC(Oc4ccc(Cl)cc4)C[C@H]3C2)on1. The zero-order valence-corrected chi connectivity index (χ0v) is 16.7. The highest BCUT2D eigenvalue weighted by Gasteiger charge is 2.43. The number of halogens is 1. The largest absolute Gasteiger partial charge is 0.490 e. The van der Waals surface area contributed by atoms with Gasteiger partial charge in [0.2, 0.25) is 0 Å². The van der Waals surface area contributed by atoms with Crippen LogP contribution in [0.3, 0.4) is 0 Å². The number of likely N-dealkylation sites (tertiary alicyclic amines) is 1. The van der Waals surface area contributed by atoms with Gasteiger partial charge >= 0.3 is 6.09 Å². The predicted molar refractivity (Wildman–Crippen MR) is 104 cm³/mol. The summed E-state index contributed by atoms with van der Waals surface area (Å²) in [6.45, 7) is 1.25. The summed E-state index contributed by atoms with van der Waals surface area (Å²) >= 11 is 5.91. The van der Waals surface area contributed by atoms with E-state index in [-0.39, 0.29) is 30.4 Å². The van der Waals surface area contributed by atoms with Crippen LogP contribution in [0.25, 0.3) is 0 Å². The van der Waals surface area contributed by atoms with Gasteiger partial charge < -0.3 is 24.2 Å². The van der Waals surface area contributed by atoms with E-state index < -0.39 is 0 Å². The number of hydrogen-bond donors (Lipinski definition) is 1. The lowest BCUT2D eigenvalue weighted by Gasteiger charge is -2.19. The minimum absolute atomic E-state index is 0.0586. The van der Waals surface area contributed by atoms with Crippen LogP contribution < -0.4 is 10.1 Å². The molecule has 2 amide bonds. The van der Waals surface area contributed by atoms with Crippen LogP contribution in [0.4, 0.5) is 4.79 Å². The summed E-state index contributed by atoms with van der Waals surface area (Å²) in [7, 11) is 1.51. The first-order valence-corrected chi connectivity index (χ1v) is 9.91. The molecule has 29 heavy (non-hydrogen) atoms. The summed E-state index contributed by atoms with van der Waals surface area (Å²) in [5.41, 5.74) is 0.154. The number of nitrogens with one attached hydrogen (secondary N) is 1. The molecule has 1 aromatic carbocycles. The molecule has 0 spiro atoms. The fourth-order valence-electron chi connectivity index (χ4n) is 4.04. The lowest BCUT2D eigenvalue weighted by Crippen LogP contribution is -2.31. The normalized spacial score (nSPS) is 23.0. The van der Waals surface area contributed by atoms with Gasteiger partial charge in [0.25, 0.3) is 5.91 Å². The van der Waals surface area contributed by atoms with Crippen molar-refractivity contribution in [3.05, 3.63) is 46.8 Å². The predicted octanol–water partition coefficient (Wildman–Crippen LogP) is 3.11. The Morgan fingerprint density at radius 3 is 2.59 bits per heavy atom. The highest BCUT2D eigenvalue weighted by molar-refractivity contribution is 6.30. The van der Waals surface area contributed by atoms with Gasteiger partial charge in [-0.15, -0.1) is 0 Å². The van der Waals surface area contributed by atoms with Gasteiger partial charge in [-0.05, 0) is 48.9 Å². The number of benzene rings is 1. The van der Waals surface area contributed by atoms with Crippen molar-refractivity contribution >= 4 is 23.6 Å². The second-order valence-corrected chi connectivity index (χ2v) is 7.84. The second-order valence-electron chi connectivity index (χ2n) is 7.40. The van der Waals surface area contributed by atoms with E-state index in [9.17, 15) is 9.59 Å². The number of ether oxygens (including phenoxy) is 2. The molecule has 3 atom stereocenters. The summed E-state index contributed by atoms with van der Waals surface area (Å²) in [6, 6.07) is 8.84. The molecule has 1 aromatic heterocycles. The van der Waals surface area contributed by atoms with Gasteiger partial charge in [0.1, 0.15) is 5.75 Å². The molecule has 2 aromatic rings. The molecule has 154 valence electrons. The Bertz CT molecular complexity index is 870. The molecule has 1 aliphatic carbocycles. The van der Waals surface area contributed by atoms with E-state index in [1.54, 1.807) is 4.90 Å². The Balaban J connectivity index is 1.23. The number of fused-ring (bicyclic) bond motifs is 1. The van der Waals surface area contributed by atoms with E-state index in [1.807, 2.05) is 24.3 Å². The highest BCUT2D eigenvalue weighted by atomic mass is 35.5. The average molecular weight is 420 g/mol. The van der Waals surface area contributed by atoms with E-state index in [4.69, 9.17) is 25.6 Å². The fourth-order valence-corrected chi connectivity index (χ4v) is 4.16. The van der Waals surface area contributed by atoms with Crippen molar-refractivity contribution in [1.29, 1.82) is 0 Å². The molecule has 1 aliphatic heterocycles.